The third-order valence-electron chi connectivity index (χ3n) is 3.40. The molecule has 3 rings (SSSR count). The van der Waals surface area contributed by atoms with E-state index in [0.717, 1.165) is 23.2 Å². The van der Waals surface area contributed by atoms with Crippen molar-refractivity contribution in [2.45, 2.75) is 6.42 Å². The van der Waals surface area contributed by atoms with Gasteiger partial charge in [-0.25, -0.2) is 4.79 Å². The molecule has 0 unspecified atom stereocenters. The Morgan fingerprint density at radius 2 is 2.05 bits per heavy atom. The van der Waals surface area contributed by atoms with Crippen molar-refractivity contribution in [1.29, 1.82) is 0 Å². The summed E-state index contributed by atoms with van der Waals surface area (Å²) in [5.41, 5.74) is 3.30. The molecule has 21 heavy (non-hydrogen) atoms. The Hall–Kier alpha value is -2.81. The molecule has 1 aliphatic carbocycles. The number of aromatic carboxylic acids is 1. The van der Waals surface area contributed by atoms with E-state index in [1.165, 1.54) is 0 Å². The molecule has 0 spiro atoms. The second-order valence-electron chi connectivity index (χ2n) is 4.85. The molecule has 1 aromatic heterocycles. The molecular weight excluding hydrogens is 262 g/mol. The number of benzene rings is 1. The van der Waals surface area contributed by atoms with E-state index in [1.54, 1.807) is 18.2 Å². The zero-order valence-electron chi connectivity index (χ0n) is 11.4. The monoisotopic (exact) mass is 277 g/mol. The fourth-order valence-corrected chi connectivity index (χ4v) is 2.30. The normalized spacial score (nSPS) is 13.8. The Bertz CT molecular complexity index is 763. The predicted molar refractivity (Wildman–Crippen MR) is 84.0 cm³/mol. The minimum Gasteiger partial charge on any atom is -0.478 e. The van der Waals surface area contributed by atoms with E-state index < -0.39 is 5.97 Å². The van der Waals surface area contributed by atoms with E-state index in [4.69, 9.17) is 5.11 Å². The van der Waals surface area contributed by atoms with Crippen molar-refractivity contribution in [2.24, 2.45) is 0 Å². The molecule has 0 atom stereocenters. The van der Waals surface area contributed by atoms with Crippen LogP contribution >= 0.6 is 0 Å². The molecule has 1 aliphatic rings. The highest BCUT2D eigenvalue weighted by Crippen LogP contribution is 2.23. The van der Waals surface area contributed by atoms with Crippen molar-refractivity contribution in [1.82, 2.24) is 4.57 Å². The van der Waals surface area contributed by atoms with Crippen LogP contribution in [-0.4, -0.2) is 15.6 Å². The van der Waals surface area contributed by atoms with Crippen LogP contribution in [0.1, 0.15) is 16.8 Å². The Morgan fingerprint density at radius 3 is 2.90 bits per heavy atom. The first-order valence-electron chi connectivity index (χ1n) is 6.79. The maximum Gasteiger partial charge on any atom is 0.335 e. The third kappa shape index (κ3) is 2.87. The summed E-state index contributed by atoms with van der Waals surface area (Å²) in [6, 6.07) is 8.97. The summed E-state index contributed by atoms with van der Waals surface area (Å²) in [4.78, 5) is 11.0. The summed E-state index contributed by atoms with van der Waals surface area (Å²) < 4.78 is 2.04. The molecule has 1 aromatic carbocycles. The van der Waals surface area contributed by atoms with Crippen LogP contribution in [0, 0.1) is 0 Å². The van der Waals surface area contributed by atoms with Gasteiger partial charge in [-0.3, -0.25) is 0 Å². The van der Waals surface area contributed by atoms with Crippen molar-refractivity contribution in [3.05, 3.63) is 78.7 Å². The maximum atomic E-state index is 11.0. The largest absolute Gasteiger partial charge is 0.478 e. The van der Waals surface area contributed by atoms with Crippen LogP contribution in [0.2, 0.25) is 0 Å². The van der Waals surface area contributed by atoms with Gasteiger partial charge in [-0.05, 0) is 47.9 Å². The topological polar surface area (TPSA) is 42.2 Å². The second kappa shape index (κ2) is 5.67. The first kappa shape index (κ1) is 13.2. The maximum absolute atomic E-state index is 11.0. The first-order valence-corrected chi connectivity index (χ1v) is 6.79. The number of allylic oxidation sites excluding steroid dienone is 6. The summed E-state index contributed by atoms with van der Waals surface area (Å²) in [5, 5.41) is 9.07. The molecule has 2 aromatic rings. The zero-order chi connectivity index (χ0) is 14.7. The van der Waals surface area contributed by atoms with Crippen LogP contribution in [0.4, 0.5) is 0 Å². The summed E-state index contributed by atoms with van der Waals surface area (Å²) in [6.07, 6.45) is 15.3. The molecule has 0 radical (unpaired) electrons. The average molecular weight is 277 g/mol. The minimum atomic E-state index is -0.907. The Labute approximate surface area is 123 Å². The minimum absolute atomic E-state index is 0.303. The lowest BCUT2D eigenvalue weighted by atomic mass is 10.1. The van der Waals surface area contributed by atoms with E-state index in [2.05, 4.69) is 24.3 Å². The molecule has 3 nitrogen and oxygen atoms in total. The molecular formula is C18H15NO2. The van der Waals surface area contributed by atoms with Gasteiger partial charge >= 0.3 is 5.97 Å². The smallest absolute Gasteiger partial charge is 0.335 e. The van der Waals surface area contributed by atoms with Crippen molar-refractivity contribution < 1.29 is 9.90 Å². The van der Waals surface area contributed by atoms with E-state index in [-0.39, 0.29) is 0 Å². The van der Waals surface area contributed by atoms with Crippen LogP contribution in [0.15, 0.2) is 73.1 Å². The number of hydrogen-bond acceptors (Lipinski definition) is 1. The second-order valence-corrected chi connectivity index (χ2v) is 4.85. The highest BCUT2D eigenvalue weighted by molar-refractivity contribution is 5.89. The van der Waals surface area contributed by atoms with Crippen LogP contribution in [0.25, 0.3) is 16.8 Å². The fraction of sp³-hybridized carbons (Fsp3) is 0.0556. The van der Waals surface area contributed by atoms with Crippen molar-refractivity contribution in [2.75, 3.05) is 0 Å². The molecule has 1 N–H and O–H groups in total. The SMILES string of the molecule is O=C(O)c1cccc(-c2ccn(C3=CC=CCC=C3)c2)c1. The van der Waals surface area contributed by atoms with Crippen LogP contribution in [0.3, 0.4) is 0 Å². The van der Waals surface area contributed by atoms with Gasteiger partial charge in [-0.15, -0.1) is 0 Å². The predicted octanol–water partition coefficient (Wildman–Crippen LogP) is 4.21. The highest BCUT2D eigenvalue weighted by Gasteiger charge is 2.06. The van der Waals surface area contributed by atoms with Crippen LogP contribution in [0.5, 0.6) is 0 Å². The van der Waals surface area contributed by atoms with Crippen LogP contribution in [-0.2, 0) is 0 Å². The molecule has 0 saturated carbocycles. The number of nitrogens with zero attached hydrogens (tertiary/aromatic N) is 1. The lowest BCUT2D eigenvalue weighted by Crippen LogP contribution is -1.95. The fourth-order valence-electron chi connectivity index (χ4n) is 2.30. The summed E-state index contributed by atoms with van der Waals surface area (Å²) >= 11 is 0. The molecule has 1 heterocycles. The number of aromatic nitrogens is 1. The molecule has 0 aliphatic heterocycles. The standard InChI is InChI=1S/C18H15NO2/c20-18(21)15-7-5-6-14(12-15)16-10-11-19(13-16)17-8-3-1-2-4-9-17/h1,3-13H,2H2,(H,20,21). The van der Waals surface area contributed by atoms with Gasteiger partial charge in [0.2, 0.25) is 0 Å². The average Bonchev–Trinajstić information content (AvgIpc) is 2.83. The number of carboxylic acid groups (broad SMARTS) is 1. The van der Waals surface area contributed by atoms with Gasteiger partial charge in [0.05, 0.1) is 5.56 Å². The molecule has 3 heteroatoms. The first-order chi connectivity index (χ1) is 10.2. The molecule has 0 bridgehead atoms. The molecule has 0 saturated heterocycles. The molecule has 104 valence electrons. The quantitative estimate of drug-likeness (QED) is 0.913. The number of carbonyl (C=O) groups is 1. The van der Waals surface area contributed by atoms with Gasteiger partial charge in [0, 0.05) is 18.1 Å². The van der Waals surface area contributed by atoms with Gasteiger partial charge in [0.15, 0.2) is 0 Å². The van der Waals surface area contributed by atoms with Gasteiger partial charge in [0.25, 0.3) is 0 Å². The van der Waals surface area contributed by atoms with E-state index in [1.807, 2.05) is 35.2 Å². The van der Waals surface area contributed by atoms with Gasteiger partial charge in [-0.1, -0.05) is 30.4 Å². The summed E-state index contributed by atoms with van der Waals surface area (Å²) in [7, 11) is 0. The highest BCUT2D eigenvalue weighted by atomic mass is 16.4. The molecule has 0 fully saturated rings. The van der Waals surface area contributed by atoms with E-state index in [0.29, 0.717) is 5.56 Å². The lowest BCUT2D eigenvalue weighted by molar-refractivity contribution is 0.0697. The number of rotatable bonds is 3. The lowest BCUT2D eigenvalue weighted by Gasteiger charge is -2.03. The Kier molecular flexibility index (Phi) is 3.56. The van der Waals surface area contributed by atoms with Gasteiger partial charge in [-0.2, -0.15) is 0 Å². The Balaban J connectivity index is 1.95. The van der Waals surface area contributed by atoms with Crippen molar-refractivity contribution in [3.63, 3.8) is 0 Å². The van der Waals surface area contributed by atoms with Gasteiger partial charge < -0.3 is 9.67 Å². The van der Waals surface area contributed by atoms with Gasteiger partial charge in [0.1, 0.15) is 0 Å². The Morgan fingerprint density at radius 1 is 1.14 bits per heavy atom. The summed E-state index contributed by atoms with van der Waals surface area (Å²) in [5.74, 6) is -0.907. The van der Waals surface area contributed by atoms with E-state index >= 15 is 0 Å². The molecule has 0 amide bonds. The van der Waals surface area contributed by atoms with Crippen molar-refractivity contribution >= 4 is 11.7 Å². The van der Waals surface area contributed by atoms with E-state index in [9.17, 15) is 4.79 Å². The summed E-state index contributed by atoms with van der Waals surface area (Å²) in [6.45, 7) is 0. The third-order valence-corrected chi connectivity index (χ3v) is 3.40. The number of hydrogen-bond donors (Lipinski definition) is 1. The number of carboxylic acids is 1. The van der Waals surface area contributed by atoms with Crippen molar-refractivity contribution in [3.8, 4) is 11.1 Å². The zero-order valence-corrected chi connectivity index (χ0v) is 11.4. The van der Waals surface area contributed by atoms with Crippen LogP contribution < -0.4 is 0 Å².